The summed E-state index contributed by atoms with van der Waals surface area (Å²) < 4.78 is 27.4. The normalized spacial score (nSPS) is 27.9. The van der Waals surface area contributed by atoms with E-state index in [2.05, 4.69) is 4.99 Å². The molecule has 2 aliphatic rings. The first-order valence-electron chi connectivity index (χ1n) is 10.3. The highest BCUT2D eigenvalue weighted by Gasteiger charge is 2.48. The maximum absolute atomic E-state index is 13.7. The third kappa shape index (κ3) is 4.09. The van der Waals surface area contributed by atoms with E-state index >= 15 is 0 Å². The van der Waals surface area contributed by atoms with Crippen molar-refractivity contribution < 1.29 is 18.7 Å². The number of nitrogens with two attached hydrogens (primary N) is 1. The fourth-order valence-electron chi connectivity index (χ4n) is 4.53. The lowest BCUT2D eigenvalue weighted by Crippen LogP contribution is -2.57. The van der Waals surface area contributed by atoms with Crippen LogP contribution in [0, 0.1) is 0 Å². The van der Waals surface area contributed by atoms with Crippen LogP contribution in [0.4, 0.5) is 8.78 Å². The first-order valence-corrected chi connectivity index (χ1v) is 11.1. The Labute approximate surface area is 194 Å². The Kier molecular flexibility index (Phi) is 5.94. The Balaban J connectivity index is 1.68. The van der Waals surface area contributed by atoms with Crippen LogP contribution >= 0.6 is 23.2 Å². The Morgan fingerprint density at radius 3 is 2.59 bits per heavy atom. The van der Waals surface area contributed by atoms with Gasteiger partial charge in [-0.05, 0) is 36.6 Å². The van der Waals surface area contributed by atoms with Crippen LogP contribution in [0.3, 0.4) is 0 Å². The summed E-state index contributed by atoms with van der Waals surface area (Å²) in [6.45, 7) is 1.77. The van der Waals surface area contributed by atoms with Crippen LogP contribution in [0.1, 0.15) is 38.2 Å². The van der Waals surface area contributed by atoms with E-state index in [0.29, 0.717) is 15.6 Å². The molecule has 0 spiro atoms. The number of carbonyl (C=O) groups is 1. The van der Waals surface area contributed by atoms with E-state index in [1.54, 1.807) is 25.1 Å². The van der Waals surface area contributed by atoms with Gasteiger partial charge in [0.2, 0.25) is 5.91 Å². The van der Waals surface area contributed by atoms with E-state index in [1.807, 2.05) is 24.3 Å². The lowest BCUT2D eigenvalue weighted by molar-refractivity contribution is -0.151. The highest BCUT2D eigenvalue weighted by atomic mass is 35.5. The van der Waals surface area contributed by atoms with Gasteiger partial charge in [0.05, 0.1) is 17.0 Å². The van der Waals surface area contributed by atoms with Crippen molar-refractivity contribution in [2.24, 2.45) is 10.7 Å². The van der Waals surface area contributed by atoms with Crippen LogP contribution in [-0.2, 0) is 10.3 Å². The fraction of sp³-hybridized carbons (Fsp3) is 0.391. The third-order valence-electron chi connectivity index (χ3n) is 6.25. The molecule has 1 saturated carbocycles. The summed E-state index contributed by atoms with van der Waals surface area (Å²) in [5.41, 5.74) is 7.34. The Morgan fingerprint density at radius 2 is 1.94 bits per heavy atom. The van der Waals surface area contributed by atoms with Crippen LogP contribution < -0.4 is 5.73 Å². The molecule has 170 valence electrons. The van der Waals surface area contributed by atoms with Crippen LogP contribution in [0.5, 0.6) is 0 Å². The minimum absolute atomic E-state index is 0.0323. The van der Waals surface area contributed by atoms with E-state index in [4.69, 9.17) is 28.9 Å². The Morgan fingerprint density at radius 1 is 1.22 bits per heavy atom. The smallest absolute Gasteiger partial charge is 0.273 e. The number of hydrogen-bond donors (Lipinski definition) is 2. The van der Waals surface area contributed by atoms with Crippen LogP contribution in [0.2, 0.25) is 10.0 Å². The summed E-state index contributed by atoms with van der Waals surface area (Å²) in [5.74, 6) is -3.56. The van der Waals surface area contributed by atoms with Gasteiger partial charge in [0.15, 0.2) is 5.96 Å². The number of amides is 1. The lowest BCUT2D eigenvalue weighted by atomic mass is 9.84. The molecule has 3 N–H and O–H groups in total. The molecule has 1 amide bonds. The molecule has 9 heteroatoms. The summed E-state index contributed by atoms with van der Waals surface area (Å²) >= 11 is 12.9. The maximum atomic E-state index is 13.7. The number of benzene rings is 2. The van der Waals surface area contributed by atoms with Crippen LogP contribution in [-0.4, -0.2) is 39.9 Å². The number of carbonyl (C=O) groups excluding carboxylic acids is 1. The number of aliphatic hydroxyl groups is 1. The molecule has 2 aromatic carbocycles. The predicted octanol–water partition coefficient (Wildman–Crippen LogP) is 4.97. The van der Waals surface area contributed by atoms with Gasteiger partial charge in [0.1, 0.15) is 6.10 Å². The van der Waals surface area contributed by atoms with Crippen molar-refractivity contribution in [1.29, 1.82) is 0 Å². The molecule has 0 bridgehead atoms. The Hall–Kier alpha value is -2.22. The summed E-state index contributed by atoms with van der Waals surface area (Å²) in [4.78, 5) is 18.9. The lowest BCUT2D eigenvalue weighted by Gasteiger charge is -2.43. The van der Waals surface area contributed by atoms with Gasteiger partial charge in [-0.3, -0.25) is 9.69 Å². The topological polar surface area (TPSA) is 78.9 Å². The number of guanidine groups is 1. The van der Waals surface area contributed by atoms with Gasteiger partial charge in [-0.25, -0.2) is 13.8 Å². The molecule has 0 saturated heterocycles. The number of aliphatic imine (C=N–C) groups is 1. The first kappa shape index (κ1) is 23.0. The molecule has 3 atom stereocenters. The van der Waals surface area contributed by atoms with E-state index in [9.17, 15) is 18.7 Å². The van der Waals surface area contributed by atoms with Gasteiger partial charge in [0.25, 0.3) is 5.92 Å². The molecule has 4 rings (SSSR count). The monoisotopic (exact) mass is 481 g/mol. The third-order valence-corrected chi connectivity index (χ3v) is 6.89. The summed E-state index contributed by atoms with van der Waals surface area (Å²) in [6.07, 6.45) is -2.58. The van der Waals surface area contributed by atoms with Crippen molar-refractivity contribution in [3.8, 4) is 11.1 Å². The van der Waals surface area contributed by atoms with Crippen molar-refractivity contribution in [2.75, 3.05) is 0 Å². The van der Waals surface area contributed by atoms with Gasteiger partial charge < -0.3 is 10.8 Å². The number of alkyl halides is 2. The SMILES string of the molecule is C[C@@]1(c2cccc(-c3cccc(Cl)c3)c2Cl)CC(=O)N([C@@H]2CCC(F)(F)[C@@H](O)C2)C(N)=N1. The molecule has 1 aliphatic carbocycles. The van der Waals surface area contributed by atoms with Crippen LogP contribution in [0.15, 0.2) is 47.5 Å². The number of nitrogens with zero attached hydrogens (tertiary/aromatic N) is 2. The molecule has 0 unspecified atom stereocenters. The van der Waals surface area contributed by atoms with Gasteiger partial charge in [-0.15, -0.1) is 0 Å². The highest BCUT2D eigenvalue weighted by Crippen LogP contribution is 2.43. The van der Waals surface area contributed by atoms with E-state index in [0.717, 1.165) is 11.1 Å². The first-order chi connectivity index (χ1) is 15.0. The number of rotatable bonds is 3. The van der Waals surface area contributed by atoms with Gasteiger partial charge in [0, 0.05) is 29.5 Å². The summed E-state index contributed by atoms with van der Waals surface area (Å²) in [7, 11) is 0. The zero-order valence-electron chi connectivity index (χ0n) is 17.4. The molecule has 0 aromatic heterocycles. The minimum atomic E-state index is -3.16. The van der Waals surface area contributed by atoms with E-state index in [1.165, 1.54) is 4.90 Å². The molecule has 5 nitrogen and oxygen atoms in total. The standard InChI is InChI=1S/C23H23Cl2F2N3O2/c1-22(17-7-3-6-16(20(17)25)13-4-2-5-14(24)10-13)12-19(32)30(21(28)29-22)15-8-9-23(26,27)18(31)11-15/h2-7,10,15,18,31H,8-9,11-12H2,1H3,(H2,28,29)/t15-,18+,22+/m1/s1. The molecule has 1 fully saturated rings. The minimum Gasteiger partial charge on any atom is -0.387 e. The van der Waals surface area contributed by atoms with Crippen molar-refractivity contribution in [3.63, 3.8) is 0 Å². The molecule has 0 radical (unpaired) electrons. The van der Waals surface area contributed by atoms with Gasteiger partial charge >= 0.3 is 0 Å². The highest BCUT2D eigenvalue weighted by molar-refractivity contribution is 6.34. The van der Waals surface area contributed by atoms with Gasteiger partial charge in [-0.1, -0.05) is 53.5 Å². The van der Waals surface area contributed by atoms with Crippen molar-refractivity contribution in [3.05, 3.63) is 58.1 Å². The second-order valence-corrected chi connectivity index (χ2v) is 9.38. The summed E-state index contributed by atoms with van der Waals surface area (Å²) in [6, 6.07) is 12.1. The van der Waals surface area contributed by atoms with Crippen molar-refractivity contribution in [1.82, 2.24) is 4.90 Å². The van der Waals surface area contributed by atoms with Crippen molar-refractivity contribution in [2.45, 2.75) is 56.2 Å². The van der Waals surface area contributed by atoms with E-state index in [-0.39, 0.29) is 31.1 Å². The largest absolute Gasteiger partial charge is 0.387 e. The molecular formula is C23H23Cl2F2N3O2. The van der Waals surface area contributed by atoms with Gasteiger partial charge in [-0.2, -0.15) is 0 Å². The average molecular weight is 482 g/mol. The van der Waals surface area contributed by atoms with Crippen LogP contribution in [0.25, 0.3) is 11.1 Å². The number of aliphatic hydroxyl groups excluding tert-OH is 1. The second-order valence-electron chi connectivity index (χ2n) is 8.57. The average Bonchev–Trinajstić information content (AvgIpc) is 2.70. The summed E-state index contributed by atoms with van der Waals surface area (Å²) in [5, 5.41) is 10.8. The Bertz CT molecular complexity index is 1090. The zero-order valence-corrected chi connectivity index (χ0v) is 18.9. The second kappa shape index (κ2) is 8.28. The molecule has 1 aliphatic heterocycles. The predicted molar refractivity (Wildman–Crippen MR) is 121 cm³/mol. The molecular weight excluding hydrogens is 459 g/mol. The molecule has 2 aromatic rings. The molecule has 1 heterocycles. The quantitative estimate of drug-likeness (QED) is 0.649. The number of hydrogen-bond acceptors (Lipinski definition) is 4. The molecule has 32 heavy (non-hydrogen) atoms. The number of halogens is 4. The van der Waals surface area contributed by atoms with Crippen molar-refractivity contribution >= 4 is 35.1 Å². The maximum Gasteiger partial charge on any atom is 0.273 e. The fourth-order valence-corrected chi connectivity index (χ4v) is 5.16. The zero-order chi connectivity index (χ0) is 23.3. The van der Waals surface area contributed by atoms with E-state index < -0.39 is 30.0 Å².